The summed E-state index contributed by atoms with van der Waals surface area (Å²) in [5.41, 5.74) is 0.427. The number of imidazole rings is 1. The SMILES string of the molecule is CN1C(=O)Cn2c1nc1nc(N3CCCC4(CC4)C3)n(Cc3cc(F)ccc3F)c1c2=O. The highest BCUT2D eigenvalue weighted by Crippen LogP contribution is 2.52. The number of rotatable bonds is 3. The molecule has 0 unspecified atom stereocenters. The average molecular weight is 440 g/mol. The summed E-state index contributed by atoms with van der Waals surface area (Å²) in [5.74, 6) is -0.557. The lowest BCUT2D eigenvalue weighted by molar-refractivity contribution is -0.117. The van der Waals surface area contributed by atoms with Crippen molar-refractivity contribution in [3.8, 4) is 0 Å². The first-order valence-corrected chi connectivity index (χ1v) is 10.8. The molecule has 166 valence electrons. The molecule has 1 aliphatic carbocycles. The van der Waals surface area contributed by atoms with E-state index < -0.39 is 17.2 Å². The molecule has 1 aromatic carbocycles. The van der Waals surface area contributed by atoms with Crippen molar-refractivity contribution in [3.05, 3.63) is 45.8 Å². The number of aromatic nitrogens is 4. The van der Waals surface area contributed by atoms with Crippen LogP contribution in [0.15, 0.2) is 23.0 Å². The van der Waals surface area contributed by atoms with E-state index >= 15 is 0 Å². The molecule has 0 N–H and O–H groups in total. The number of amides is 1. The normalized spacial score (nSPS) is 19.3. The molecule has 3 aromatic rings. The Hall–Kier alpha value is -3.30. The predicted octanol–water partition coefficient (Wildman–Crippen LogP) is 2.28. The number of anilines is 2. The van der Waals surface area contributed by atoms with Gasteiger partial charge in [0.2, 0.25) is 17.8 Å². The van der Waals surface area contributed by atoms with Crippen molar-refractivity contribution in [2.45, 2.75) is 38.8 Å². The van der Waals surface area contributed by atoms with Crippen molar-refractivity contribution in [2.24, 2.45) is 5.41 Å². The van der Waals surface area contributed by atoms with Gasteiger partial charge in [0.1, 0.15) is 18.2 Å². The summed E-state index contributed by atoms with van der Waals surface area (Å²) in [6.45, 7) is 1.44. The van der Waals surface area contributed by atoms with E-state index in [4.69, 9.17) is 0 Å². The number of fused-ring (bicyclic) bond motifs is 2. The van der Waals surface area contributed by atoms with E-state index in [0.717, 1.165) is 37.7 Å². The Kier molecular flexibility index (Phi) is 4.00. The van der Waals surface area contributed by atoms with E-state index in [2.05, 4.69) is 14.9 Å². The van der Waals surface area contributed by atoms with Crippen molar-refractivity contribution >= 4 is 29.0 Å². The molecule has 0 radical (unpaired) electrons. The molecule has 3 aliphatic rings. The quantitative estimate of drug-likeness (QED) is 0.625. The monoisotopic (exact) mass is 440 g/mol. The van der Waals surface area contributed by atoms with Crippen LogP contribution in [0.25, 0.3) is 11.2 Å². The minimum atomic E-state index is -0.555. The van der Waals surface area contributed by atoms with Crippen molar-refractivity contribution in [2.75, 3.05) is 29.9 Å². The third-order valence-corrected chi connectivity index (χ3v) is 7.03. The van der Waals surface area contributed by atoms with E-state index in [1.807, 2.05) is 0 Å². The van der Waals surface area contributed by atoms with Crippen LogP contribution in [0.3, 0.4) is 0 Å². The fourth-order valence-electron chi connectivity index (χ4n) is 5.03. The van der Waals surface area contributed by atoms with E-state index in [-0.39, 0.29) is 41.7 Å². The van der Waals surface area contributed by atoms with Gasteiger partial charge in [0.05, 0.1) is 6.54 Å². The van der Waals surface area contributed by atoms with Crippen LogP contribution in [0.5, 0.6) is 0 Å². The van der Waals surface area contributed by atoms with Crippen molar-refractivity contribution in [3.63, 3.8) is 0 Å². The lowest BCUT2D eigenvalue weighted by Crippen LogP contribution is -2.38. The zero-order valence-corrected chi connectivity index (χ0v) is 17.6. The van der Waals surface area contributed by atoms with Gasteiger partial charge < -0.3 is 4.90 Å². The molecule has 2 aliphatic heterocycles. The van der Waals surface area contributed by atoms with Crippen LogP contribution in [0, 0.1) is 17.0 Å². The van der Waals surface area contributed by atoms with Gasteiger partial charge >= 0.3 is 0 Å². The van der Waals surface area contributed by atoms with Crippen molar-refractivity contribution in [1.82, 2.24) is 19.1 Å². The summed E-state index contributed by atoms with van der Waals surface area (Å²) in [4.78, 5) is 38.2. The molecule has 0 atom stereocenters. The fourth-order valence-corrected chi connectivity index (χ4v) is 5.03. The maximum atomic E-state index is 14.5. The zero-order chi connectivity index (χ0) is 22.2. The molecule has 1 spiro atoms. The second-order valence-corrected chi connectivity index (χ2v) is 9.19. The number of nitrogens with zero attached hydrogens (tertiary/aromatic N) is 6. The van der Waals surface area contributed by atoms with Crippen LogP contribution in [-0.2, 0) is 17.9 Å². The molecule has 6 rings (SSSR count). The van der Waals surface area contributed by atoms with Crippen LogP contribution in [-0.4, -0.2) is 45.1 Å². The minimum absolute atomic E-state index is 0.0566. The van der Waals surface area contributed by atoms with E-state index in [1.165, 1.54) is 28.7 Å². The summed E-state index contributed by atoms with van der Waals surface area (Å²) in [5, 5.41) is 0. The summed E-state index contributed by atoms with van der Waals surface area (Å²) in [6, 6.07) is 3.29. The molecular formula is C22H22F2N6O2. The van der Waals surface area contributed by atoms with Gasteiger partial charge in [-0.2, -0.15) is 9.97 Å². The molecule has 0 bridgehead atoms. The summed E-state index contributed by atoms with van der Waals surface area (Å²) in [7, 11) is 1.57. The lowest BCUT2D eigenvalue weighted by Gasteiger charge is -2.34. The molecule has 1 amide bonds. The largest absolute Gasteiger partial charge is 0.342 e. The summed E-state index contributed by atoms with van der Waals surface area (Å²) >= 11 is 0. The number of benzene rings is 1. The van der Waals surface area contributed by atoms with E-state index in [1.54, 1.807) is 11.6 Å². The van der Waals surface area contributed by atoms with Gasteiger partial charge in [-0.05, 0) is 49.3 Å². The Morgan fingerprint density at radius 2 is 1.88 bits per heavy atom. The average Bonchev–Trinajstić information content (AvgIpc) is 3.30. The first kappa shape index (κ1) is 19.4. The number of carbonyl (C=O) groups excluding carboxylic acids is 1. The van der Waals surface area contributed by atoms with Crippen molar-refractivity contribution < 1.29 is 13.6 Å². The third kappa shape index (κ3) is 2.85. The highest BCUT2D eigenvalue weighted by Gasteiger charge is 2.46. The smallest absolute Gasteiger partial charge is 0.281 e. The molecule has 8 nitrogen and oxygen atoms in total. The Morgan fingerprint density at radius 1 is 1.09 bits per heavy atom. The predicted molar refractivity (Wildman–Crippen MR) is 114 cm³/mol. The van der Waals surface area contributed by atoms with Gasteiger partial charge in [0.25, 0.3) is 5.56 Å². The number of piperidine rings is 1. The number of hydrogen-bond acceptors (Lipinski definition) is 5. The molecule has 32 heavy (non-hydrogen) atoms. The minimum Gasteiger partial charge on any atom is -0.342 e. The second kappa shape index (κ2) is 6.60. The van der Waals surface area contributed by atoms with Crippen LogP contribution in [0.1, 0.15) is 31.2 Å². The molecule has 2 aromatic heterocycles. The highest BCUT2D eigenvalue weighted by molar-refractivity contribution is 5.95. The van der Waals surface area contributed by atoms with Gasteiger partial charge in [0, 0.05) is 25.7 Å². The standard InChI is InChI=1S/C22H22F2N6O2/c1-27-16(31)11-30-19(32)17-18(25-20(27)30)26-21(28-8-2-5-22(12-28)6-7-22)29(17)10-13-9-14(23)3-4-15(13)24/h3-4,9H,2,5-8,10-12H2,1H3. The molecule has 4 heterocycles. The summed E-state index contributed by atoms with van der Waals surface area (Å²) < 4.78 is 31.4. The summed E-state index contributed by atoms with van der Waals surface area (Å²) in [6.07, 6.45) is 4.52. The van der Waals surface area contributed by atoms with E-state index in [9.17, 15) is 18.4 Å². The molecule has 10 heteroatoms. The molecule has 2 fully saturated rings. The Labute approximate surface area is 182 Å². The van der Waals surface area contributed by atoms with Gasteiger partial charge in [0.15, 0.2) is 11.2 Å². The van der Waals surface area contributed by atoms with Crippen LogP contribution in [0.2, 0.25) is 0 Å². The second-order valence-electron chi connectivity index (χ2n) is 9.19. The molecular weight excluding hydrogens is 418 g/mol. The van der Waals surface area contributed by atoms with Gasteiger partial charge in [-0.1, -0.05) is 0 Å². The topological polar surface area (TPSA) is 76.3 Å². The van der Waals surface area contributed by atoms with Gasteiger partial charge in [-0.25, -0.2) is 8.78 Å². The number of halogens is 2. The Balaban J connectivity index is 1.55. The Morgan fingerprint density at radius 3 is 2.66 bits per heavy atom. The number of carbonyl (C=O) groups is 1. The van der Waals surface area contributed by atoms with Crippen LogP contribution < -0.4 is 15.4 Å². The highest BCUT2D eigenvalue weighted by atomic mass is 19.1. The first-order valence-electron chi connectivity index (χ1n) is 10.8. The van der Waals surface area contributed by atoms with Crippen molar-refractivity contribution in [1.29, 1.82) is 0 Å². The van der Waals surface area contributed by atoms with Gasteiger partial charge in [-0.3, -0.25) is 23.6 Å². The maximum absolute atomic E-state index is 14.5. The molecule has 1 saturated carbocycles. The number of likely N-dealkylation sites (N-methyl/N-ethyl adjacent to an activating group) is 1. The van der Waals surface area contributed by atoms with E-state index in [0.29, 0.717) is 11.4 Å². The molecule has 1 saturated heterocycles. The fraction of sp³-hybridized carbons (Fsp3) is 0.455. The number of hydrogen-bond donors (Lipinski definition) is 0. The lowest BCUT2D eigenvalue weighted by atomic mass is 9.95. The van der Waals surface area contributed by atoms with Crippen LogP contribution >= 0.6 is 0 Å². The Bertz CT molecular complexity index is 1340. The zero-order valence-electron chi connectivity index (χ0n) is 17.6. The first-order chi connectivity index (χ1) is 15.3. The van der Waals surface area contributed by atoms with Gasteiger partial charge in [-0.15, -0.1) is 0 Å². The third-order valence-electron chi connectivity index (χ3n) is 7.03. The van der Waals surface area contributed by atoms with Crippen LogP contribution in [0.4, 0.5) is 20.7 Å². The maximum Gasteiger partial charge on any atom is 0.281 e.